The molecule has 46 heavy (non-hydrogen) atoms. The number of halogens is 3. The van der Waals surface area contributed by atoms with Gasteiger partial charge in [-0.05, 0) is 70.9 Å². The van der Waals surface area contributed by atoms with E-state index in [1.54, 1.807) is 45.0 Å². The van der Waals surface area contributed by atoms with Crippen LogP contribution in [0.5, 0.6) is 0 Å². The number of aryl methyl sites for hydroxylation is 1. The van der Waals surface area contributed by atoms with Crippen LogP contribution in [0.3, 0.4) is 0 Å². The molecule has 0 aliphatic carbocycles. The Bertz CT molecular complexity index is 1690. The summed E-state index contributed by atoms with van der Waals surface area (Å²) in [6.07, 6.45) is -4.43. The highest BCUT2D eigenvalue weighted by atomic mass is 32.2. The van der Waals surface area contributed by atoms with Crippen molar-refractivity contribution in [1.29, 1.82) is 0 Å². The van der Waals surface area contributed by atoms with Crippen molar-refractivity contribution in [2.45, 2.75) is 51.6 Å². The van der Waals surface area contributed by atoms with Crippen LogP contribution in [0.4, 0.5) is 13.2 Å². The second kappa shape index (κ2) is 13.4. The molecular weight excluding hydrogens is 633 g/mol. The summed E-state index contributed by atoms with van der Waals surface area (Å²) in [6.45, 7) is 6.37. The molecular formula is C29H33F3N6O7S. The predicted molar refractivity (Wildman–Crippen MR) is 156 cm³/mol. The van der Waals surface area contributed by atoms with Gasteiger partial charge in [-0.2, -0.15) is 18.3 Å². The van der Waals surface area contributed by atoms with Crippen molar-refractivity contribution >= 4 is 21.9 Å². The average molecular weight is 667 g/mol. The first-order valence-electron chi connectivity index (χ1n) is 14.1. The first-order chi connectivity index (χ1) is 21.5. The molecule has 0 spiro atoms. The Labute approximate surface area is 263 Å². The SMILES string of the molecule is Cc1ccc(-c2cc(C(F)(F)F)nn2-c2ccc(S(=O)(=O)NC(=O)C3CCN([N+]([O-])=NOCOC(=O)C(C)(C)C)CC3)cc2)cc1. The van der Waals surface area contributed by atoms with E-state index in [9.17, 15) is 36.4 Å². The van der Waals surface area contributed by atoms with Crippen LogP contribution in [-0.4, -0.2) is 59.9 Å². The van der Waals surface area contributed by atoms with Crippen LogP contribution in [0.2, 0.25) is 0 Å². The van der Waals surface area contributed by atoms with Gasteiger partial charge < -0.3 is 14.8 Å². The van der Waals surface area contributed by atoms with Crippen molar-refractivity contribution in [2.75, 3.05) is 19.9 Å². The first kappa shape index (κ1) is 34.2. The number of aromatic nitrogens is 2. The Morgan fingerprint density at radius 2 is 1.67 bits per heavy atom. The molecule has 0 radical (unpaired) electrons. The lowest BCUT2D eigenvalue weighted by atomic mass is 9.97. The summed E-state index contributed by atoms with van der Waals surface area (Å²) in [6, 6.07) is 12.6. The van der Waals surface area contributed by atoms with Crippen molar-refractivity contribution < 1.29 is 45.7 Å². The van der Waals surface area contributed by atoms with Gasteiger partial charge in [0, 0.05) is 11.5 Å². The molecule has 0 unspecified atom stereocenters. The number of hydrogen-bond donors (Lipinski definition) is 1. The van der Waals surface area contributed by atoms with Gasteiger partial charge in [-0.3, -0.25) is 9.59 Å². The van der Waals surface area contributed by atoms with Gasteiger partial charge in [0.2, 0.25) is 11.2 Å². The molecule has 1 aromatic heterocycles. The van der Waals surface area contributed by atoms with E-state index in [1.807, 2.05) is 11.6 Å². The summed E-state index contributed by atoms with van der Waals surface area (Å²) in [5, 5.41) is 20.4. The lowest BCUT2D eigenvalue weighted by Gasteiger charge is -2.27. The highest BCUT2D eigenvalue weighted by molar-refractivity contribution is 7.90. The van der Waals surface area contributed by atoms with Gasteiger partial charge in [0.1, 0.15) is 0 Å². The van der Waals surface area contributed by atoms with E-state index < -0.39 is 51.9 Å². The van der Waals surface area contributed by atoms with Crippen LogP contribution in [0.25, 0.3) is 16.9 Å². The van der Waals surface area contributed by atoms with E-state index in [-0.39, 0.29) is 47.2 Å². The third-order valence-electron chi connectivity index (χ3n) is 7.04. The topological polar surface area (TPSA) is 158 Å². The van der Waals surface area contributed by atoms with Crippen molar-refractivity contribution in [3.63, 3.8) is 0 Å². The minimum atomic E-state index is -4.70. The number of piperidine rings is 1. The van der Waals surface area contributed by atoms with Crippen LogP contribution in [0, 0.1) is 23.5 Å². The molecule has 2 heterocycles. The maximum atomic E-state index is 13.5. The Morgan fingerprint density at radius 1 is 1.07 bits per heavy atom. The summed E-state index contributed by atoms with van der Waals surface area (Å²) in [5.41, 5.74) is -0.142. The highest BCUT2D eigenvalue weighted by Gasteiger charge is 2.36. The molecule has 1 aliphatic rings. The smallest absolute Gasteiger partial charge is 0.435 e. The van der Waals surface area contributed by atoms with Crippen molar-refractivity contribution in [1.82, 2.24) is 19.5 Å². The summed E-state index contributed by atoms with van der Waals surface area (Å²) in [5.74, 6) is -2.04. The molecule has 0 saturated carbocycles. The van der Waals surface area contributed by atoms with Crippen LogP contribution in [0.15, 0.2) is 64.8 Å². The van der Waals surface area contributed by atoms with Gasteiger partial charge in [-0.15, -0.1) is 5.01 Å². The van der Waals surface area contributed by atoms with Gasteiger partial charge in [0.25, 0.3) is 16.8 Å². The quantitative estimate of drug-likeness (QED) is 0.0851. The fourth-order valence-corrected chi connectivity index (χ4v) is 5.45. The Morgan fingerprint density at radius 3 is 2.24 bits per heavy atom. The second-order valence-corrected chi connectivity index (χ2v) is 13.3. The lowest BCUT2D eigenvalue weighted by Crippen LogP contribution is -2.44. The Hall–Kier alpha value is -4.67. The summed E-state index contributed by atoms with van der Waals surface area (Å²) in [4.78, 5) is 29.1. The van der Waals surface area contributed by atoms with E-state index >= 15 is 0 Å². The third-order valence-corrected chi connectivity index (χ3v) is 8.40. The maximum absolute atomic E-state index is 13.5. The molecule has 17 heteroatoms. The number of nitrogens with zero attached hydrogens (tertiary/aromatic N) is 5. The monoisotopic (exact) mass is 666 g/mol. The summed E-state index contributed by atoms with van der Waals surface area (Å²) >= 11 is 0. The third kappa shape index (κ3) is 8.32. The van der Waals surface area contributed by atoms with Gasteiger partial charge in [-0.25, -0.2) is 17.8 Å². The number of amides is 1. The molecule has 1 N–H and O–H groups in total. The Balaban J connectivity index is 1.38. The standard InChI is InChI=1S/C29H33F3N6O7S/c1-19-5-7-20(8-6-19)24-17-25(29(30,31)32)33-37(24)22-9-11-23(12-10-22)46(42,43)34-26(39)21-13-15-36(16-14-21)38(41)35-45-18-44-27(40)28(2,3)4/h5-12,17,21H,13-16,18H2,1-4H3,(H,34,39). The zero-order valence-corrected chi connectivity index (χ0v) is 26.3. The van der Waals surface area contributed by atoms with E-state index in [1.165, 1.54) is 17.1 Å². The molecule has 0 atom stereocenters. The minimum Gasteiger partial charge on any atom is -0.569 e. The van der Waals surface area contributed by atoms with E-state index in [0.29, 0.717) is 5.56 Å². The van der Waals surface area contributed by atoms with Crippen LogP contribution in [0.1, 0.15) is 44.9 Å². The normalized spacial score (nSPS) is 15.0. The lowest BCUT2D eigenvalue weighted by molar-refractivity contribution is -0.713. The van der Waals surface area contributed by atoms with Crippen molar-refractivity contribution in [2.24, 2.45) is 16.6 Å². The van der Waals surface area contributed by atoms with Crippen molar-refractivity contribution in [3.8, 4) is 16.9 Å². The van der Waals surface area contributed by atoms with Crippen molar-refractivity contribution in [3.05, 3.63) is 71.1 Å². The molecule has 1 amide bonds. The van der Waals surface area contributed by atoms with E-state index in [4.69, 9.17) is 9.57 Å². The number of rotatable bonds is 9. The number of alkyl halides is 3. The molecule has 248 valence electrons. The summed E-state index contributed by atoms with van der Waals surface area (Å²) in [7, 11) is -4.33. The van der Waals surface area contributed by atoms with Gasteiger partial charge in [-0.1, -0.05) is 29.8 Å². The average Bonchev–Trinajstić information content (AvgIpc) is 3.45. The second-order valence-electron chi connectivity index (χ2n) is 11.6. The van der Waals surface area contributed by atoms with Crippen LogP contribution in [-0.2, 0) is 35.4 Å². The predicted octanol–water partition coefficient (Wildman–Crippen LogP) is 4.74. The number of ether oxygens (including phenoxy) is 1. The number of sulfonamides is 1. The first-order valence-corrected chi connectivity index (χ1v) is 15.6. The zero-order valence-electron chi connectivity index (χ0n) is 25.4. The maximum Gasteiger partial charge on any atom is 0.435 e. The van der Waals surface area contributed by atoms with Gasteiger partial charge in [0.05, 0.1) is 39.8 Å². The molecule has 2 aromatic carbocycles. The molecule has 13 nitrogen and oxygen atoms in total. The summed E-state index contributed by atoms with van der Waals surface area (Å²) < 4.78 is 74.5. The fraction of sp³-hybridized carbons (Fsp3) is 0.414. The minimum absolute atomic E-state index is 0.0675. The number of benzene rings is 2. The number of esters is 1. The molecule has 0 bridgehead atoms. The van der Waals surface area contributed by atoms with E-state index in [0.717, 1.165) is 28.4 Å². The number of hydrazine groups is 1. The Kier molecular flexibility index (Phi) is 9.94. The van der Waals surface area contributed by atoms with Gasteiger partial charge in [0.15, 0.2) is 5.69 Å². The zero-order chi connectivity index (χ0) is 33.9. The highest BCUT2D eigenvalue weighted by Crippen LogP contribution is 2.33. The molecule has 1 fully saturated rings. The number of nitrogens with one attached hydrogen (secondary N) is 1. The largest absolute Gasteiger partial charge is 0.569 e. The molecule has 1 aliphatic heterocycles. The molecule has 4 rings (SSSR count). The van der Waals surface area contributed by atoms with Crippen LogP contribution >= 0.6 is 0 Å². The molecule has 3 aromatic rings. The fourth-order valence-electron chi connectivity index (χ4n) is 4.41. The number of carbonyl (C=O) groups is 2. The van der Waals surface area contributed by atoms with Gasteiger partial charge >= 0.3 is 12.1 Å². The number of carbonyl (C=O) groups excluding carboxylic acids is 2. The number of hydrogen-bond acceptors (Lipinski definition) is 9. The molecule has 1 saturated heterocycles. The van der Waals surface area contributed by atoms with Crippen LogP contribution < -0.4 is 4.72 Å². The van der Waals surface area contributed by atoms with E-state index in [2.05, 4.69) is 10.4 Å².